The number of nitrogens with one attached hydrogen (secondary N) is 1. The fourth-order valence-corrected chi connectivity index (χ4v) is 5.97. The SMILES string of the molecule is CCc1ccc(F)c(C(=O)N[C@@H](C(=O)N2CCC3(CC2)C(=O)N(C)CN3c2ccc3oc(=O)n(C)c3c2)C(C)C)c1. The van der Waals surface area contributed by atoms with Crippen molar-refractivity contribution in [2.45, 2.75) is 51.6 Å². The number of aryl methyl sites for hydroxylation is 2. The number of anilines is 1. The van der Waals surface area contributed by atoms with Gasteiger partial charge >= 0.3 is 5.76 Å². The zero-order valence-corrected chi connectivity index (χ0v) is 24.1. The Bertz CT molecular complexity index is 1570. The maximum Gasteiger partial charge on any atom is 0.419 e. The van der Waals surface area contributed by atoms with Crippen LogP contribution in [0.1, 0.15) is 49.5 Å². The third-order valence-electron chi connectivity index (χ3n) is 8.51. The molecule has 2 aromatic carbocycles. The maximum absolute atomic E-state index is 14.5. The normalized spacial score (nSPS) is 17.6. The van der Waals surface area contributed by atoms with Gasteiger partial charge in [-0.15, -0.1) is 0 Å². The second-order valence-corrected chi connectivity index (χ2v) is 11.4. The minimum absolute atomic E-state index is 0.0224. The van der Waals surface area contributed by atoms with E-state index < -0.39 is 29.1 Å². The van der Waals surface area contributed by atoms with E-state index in [2.05, 4.69) is 5.32 Å². The monoisotopic (exact) mass is 565 g/mol. The molecule has 3 amide bonds. The highest BCUT2D eigenvalue weighted by Crippen LogP contribution is 2.40. The summed E-state index contributed by atoms with van der Waals surface area (Å²) in [5, 5.41) is 2.77. The predicted molar refractivity (Wildman–Crippen MR) is 152 cm³/mol. The van der Waals surface area contributed by atoms with Crippen LogP contribution in [0.2, 0.25) is 0 Å². The van der Waals surface area contributed by atoms with Gasteiger partial charge in [-0.2, -0.15) is 0 Å². The molecule has 1 aromatic heterocycles. The molecule has 2 saturated heterocycles. The van der Waals surface area contributed by atoms with Crippen LogP contribution >= 0.6 is 0 Å². The Morgan fingerprint density at radius 1 is 1.07 bits per heavy atom. The number of aromatic nitrogens is 1. The van der Waals surface area contributed by atoms with Crippen molar-refractivity contribution in [3.05, 3.63) is 63.9 Å². The first-order chi connectivity index (χ1) is 19.5. The lowest BCUT2D eigenvalue weighted by molar-refractivity contribution is -0.139. The zero-order valence-electron chi connectivity index (χ0n) is 24.1. The highest BCUT2D eigenvalue weighted by atomic mass is 19.1. The van der Waals surface area contributed by atoms with E-state index >= 15 is 0 Å². The van der Waals surface area contributed by atoms with E-state index in [-0.39, 0.29) is 23.3 Å². The number of halogens is 1. The third-order valence-corrected chi connectivity index (χ3v) is 8.51. The van der Waals surface area contributed by atoms with Gasteiger partial charge in [-0.1, -0.05) is 26.8 Å². The molecule has 0 aliphatic carbocycles. The molecule has 0 saturated carbocycles. The molecular formula is C30H36FN5O5. The number of fused-ring (bicyclic) bond motifs is 1. The van der Waals surface area contributed by atoms with Gasteiger partial charge in [0.15, 0.2) is 5.58 Å². The number of carbonyl (C=O) groups excluding carboxylic acids is 3. The van der Waals surface area contributed by atoms with Crippen LogP contribution in [-0.4, -0.2) is 70.5 Å². The molecule has 41 heavy (non-hydrogen) atoms. The summed E-state index contributed by atoms with van der Waals surface area (Å²) in [6.45, 7) is 6.61. The molecule has 0 unspecified atom stereocenters. The van der Waals surface area contributed by atoms with Crippen LogP contribution in [0.15, 0.2) is 45.6 Å². The molecule has 218 valence electrons. The molecule has 5 rings (SSSR count). The van der Waals surface area contributed by atoms with E-state index in [0.29, 0.717) is 50.1 Å². The number of benzene rings is 2. The van der Waals surface area contributed by atoms with Crippen molar-refractivity contribution < 1.29 is 23.2 Å². The summed E-state index contributed by atoms with van der Waals surface area (Å²) in [5.41, 5.74) is 1.79. The fraction of sp³-hybridized carbons (Fsp3) is 0.467. The molecule has 3 heterocycles. The standard InChI is InChI=1S/C30H36FN5O5/c1-6-19-7-9-22(31)21(15-19)26(37)32-25(18(2)3)27(38)35-13-11-30(12-14-35)28(39)33(4)17-36(30)20-8-10-24-23(16-20)34(5)29(40)41-24/h7-10,15-16,18,25H,6,11-14,17H2,1-5H3,(H,32,37)/t25-/m1/s1. The van der Waals surface area contributed by atoms with Gasteiger partial charge in [0.25, 0.3) is 5.91 Å². The van der Waals surface area contributed by atoms with E-state index in [4.69, 9.17) is 4.42 Å². The Morgan fingerprint density at radius 3 is 2.44 bits per heavy atom. The van der Waals surface area contributed by atoms with Gasteiger partial charge in [-0.05, 0) is 61.1 Å². The average Bonchev–Trinajstić information content (AvgIpc) is 3.38. The number of amides is 3. The first kappa shape index (κ1) is 28.4. The van der Waals surface area contributed by atoms with Crippen LogP contribution < -0.4 is 16.0 Å². The van der Waals surface area contributed by atoms with Crippen molar-refractivity contribution in [1.29, 1.82) is 0 Å². The average molecular weight is 566 g/mol. The number of nitrogens with zero attached hydrogens (tertiary/aromatic N) is 4. The van der Waals surface area contributed by atoms with E-state index in [1.807, 2.05) is 37.8 Å². The second-order valence-electron chi connectivity index (χ2n) is 11.4. The van der Waals surface area contributed by atoms with Crippen LogP contribution in [-0.2, 0) is 23.1 Å². The summed E-state index contributed by atoms with van der Waals surface area (Å²) in [4.78, 5) is 57.6. The van der Waals surface area contributed by atoms with Crippen LogP contribution in [0, 0.1) is 11.7 Å². The third kappa shape index (κ3) is 4.87. The van der Waals surface area contributed by atoms with Gasteiger partial charge in [-0.3, -0.25) is 19.0 Å². The minimum Gasteiger partial charge on any atom is -0.408 e. The van der Waals surface area contributed by atoms with Crippen molar-refractivity contribution in [2.75, 3.05) is 31.7 Å². The lowest BCUT2D eigenvalue weighted by Crippen LogP contribution is -2.60. The molecule has 0 radical (unpaired) electrons. The molecule has 2 fully saturated rings. The lowest BCUT2D eigenvalue weighted by Gasteiger charge is -2.44. The van der Waals surface area contributed by atoms with Gasteiger partial charge in [0.05, 0.1) is 17.7 Å². The summed E-state index contributed by atoms with van der Waals surface area (Å²) >= 11 is 0. The highest BCUT2D eigenvalue weighted by molar-refractivity contribution is 5.98. The fourth-order valence-electron chi connectivity index (χ4n) is 5.97. The van der Waals surface area contributed by atoms with Crippen molar-refractivity contribution in [3.8, 4) is 0 Å². The van der Waals surface area contributed by atoms with E-state index in [9.17, 15) is 23.6 Å². The molecular weight excluding hydrogens is 529 g/mol. The van der Waals surface area contributed by atoms with Crippen LogP contribution in [0.3, 0.4) is 0 Å². The largest absolute Gasteiger partial charge is 0.419 e. The van der Waals surface area contributed by atoms with Crippen LogP contribution in [0.25, 0.3) is 11.1 Å². The summed E-state index contributed by atoms with van der Waals surface area (Å²) in [6.07, 6.45) is 1.45. The summed E-state index contributed by atoms with van der Waals surface area (Å²) in [6, 6.07) is 9.01. The number of rotatable bonds is 6. The Labute approximate surface area is 237 Å². The summed E-state index contributed by atoms with van der Waals surface area (Å²) in [5.74, 6) is -2.22. The molecule has 3 aromatic rings. The van der Waals surface area contributed by atoms with Gasteiger partial charge in [-0.25, -0.2) is 9.18 Å². The molecule has 10 nitrogen and oxygen atoms in total. The minimum atomic E-state index is -0.845. The number of likely N-dealkylation sites (N-methyl/N-ethyl adjacent to an activating group) is 1. The zero-order chi connectivity index (χ0) is 29.6. The number of likely N-dealkylation sites (tertiary alicyclic amines) is 1. The molecule has 11 heteroatoms. The number of oxazole rings is 1. The number of hydrogen-bond acceptors (Lipinski definition) is 6. The number of hydrogen-bond donors (Lipinski definition) is 1. The smallest absolute Gasteiger partial charge is 0.408 e. The molecule has 2 aliphatic heterocycles. The van der Waals surface area contributed by atoms with Gasteiger partial charge < -0.3 is 24.4 Å². The highest BCUT2D eigenvalue weighted by Gasteiger charge is 2.53. The molecule has 0 bridgehead atoms. The second kappa shape index (κ2) is 10.7. The van der Waals surface area contributed by atoms with Crippen molar-refractivity contribution in [2.24, 2.45) is 13.0 Å². The van der Waals surface area contributed by atoms with E-state index in [1.165, 1.54) is 16.7 Å². The Hall–Kier alpha value is -4.15. The van der Waals surface area contributed by atoms with Crippen LogP contribution in [0.5, 0.6) is 0 Å². The number of piperidine rings is 1. The maximum atomic E-state index is 14.5. The topological polar surface area (TPSA) is 108 Å². The van der Waals surface area contributed by atoms with Gasteiger partial charge in [0.2, 0.25) is 11.8 Å². The number of carbonyl (C=O) groups is 3. The molecule has 1 atom stereocenters. The van der Waals surface area contributed by atoms with Crippen LogP contribution in [0.4, 0.5) is 10.1 Å². The summed E-state index contributed by atoms with van der Waals surface area (Å²) in [7, 11) is 3.39. The summed E-state index contributed by atoms with van der Waals surface area (Å²) < 4.78 is 21.2. The Kier molecular flexibility index (Phi) is 7.39. The van der Waals surface area contributed by atoms with Gasteiger partial charge in [0, 0.05) is 32.9 Å². The van der Waals surface area contributed by atoms with Crippen molar-refractivity contribution >= 4 is 34.5 Å². The Morgan fingerprint density at radius 2 is 1.78 bits per heavy atom. The van der Waals surface area contributed by atoms with Crippen molar-refractivity contribution in [3.63, 3.8) is 0 Å². The first-order valence-corrected chi connectivity index (χ1v) is 14.0. The quantitative estimate of drug-likeness (QED) is 0.493. The van der Waals surface area contributed by atoms with E-state index in [1.54, 1.807) is 36.0 Å². The molecule has 1 spiro atoms. The first-order valence-electron chi connectivity index (χ1n) is 14.0. The molecule has 2 aliphatic rings. The predicted octanol–water partition coefficient (Wildman–Crippen LogP) is 2.88. The Balaban J connectivity index is 1.35. The van der Waals surface area contributed by atoms with Gasteiger partial charge in [0.1, 0.15) is 17.4 Å². The van der Waals surface area contributed by atoms with E-state index in [0.717, 1.165) is 11.3 Å². The lowest BCUT2D eigenvalue weighted by atomic mass is 9.85. The van der Waals surface area contributed by atoms with Crippen molar-refractivity contribution in [1.82, 2.24) is 19.7 Å². The molecule has 1 N–H and O–H groups in total.